The van der Waals surface area contributed by atoms with Crippen molar-refractivity contribution in [1.29, 1.82) is 0 Å². The Morgan fingerprint density at radius 3 is 2.30 bits per heavy atom. The number of carbonyl (C=O) groups excluding carboxylic acids is 1. The Morgan fingerprint density at radius 1 is 1.10 bits per heavy atom. The molecule has 1 heterocycles. The number of carbonyl (C=O) groups is 2. The second-order valence-corrected chi connectivity index (χ2v) is 6.80. The highest BCUT2D eigenvalue weighted by Gasteiger charge is 2.50. The highest BCUT2D eigenvalue weighted by Crippen LogP contribution is 2.48. The molecule has 5 nitrogen and oxygen atoms in total. The number of likely N-dealkylation sites (tertiary alicyclic amines) is 1. The lowest BCUT2D eigenvalue weighted by Crippen LogP contribution is -2.49. The van der Waals surface area contributed by atoms with Crippen molar-refractivity contribution in [2.24, 2.45) is 29.4 Å². The molecule has 4 unspecified atom stereocenters. The predicted octanol–water partition coefficient (Wildman–Crippen LogP) is 1.07. The fourth-order valence-corrected chi connectivity index (χ4v) is 4.52. The van der Waals surface area contributed by atoms with Gasteiger partial charge in [0.2, 0.25) is 5.91 Å². The third-order valence-electron chi connectivity index (χ3n) is 5.66. The Hall–Kier alpha value is -1.10. The van der Waals surface area contributed by atoms with Gasteiger partial charge in [-0.05, 0) is 49.9 Å². The molecule has 1 amide bonds. The van der Waals surface area contributed by atoms with Gasteiger partial charge in [0.1, 0.15) is 0 Å². The van der Waals surface area contributed by atoms with Gasteiger partial charge in [0.15, 0.2) is 0 Å². The van der Waals surface area contributed by atoms with Crippen LogP contribution in [0.4, 0.5) is 0 Å². The lowest BCUT2D eigenvalue weighted by atomic mass is 9.83. The molecule has 1 aliphatic heterocycles. The first kappa shape index (κ1) is 13.9. The molecule has 0 radical (unpaired) electrons. The molecule has 112 valence electrons. The molecule has 1 saturated heterocycles. The molecular formula is C15H24N2O3. The van der Waals surface area contributed by atoms with Crippen LogP contribution in [-0.2, 0) is 9.59 Å². The summed E-state index contributed by atoms with van der Waals surface area (Å²) in [4.78, 5) is 25.3. The Balaban J connectivity index is 1.56. The molecular weight excluding hydrogens is 256 g/mol. The molecule has 2 bridgehead atoms. The maximum atomic E-state index is 12.7. The zero-order valence-corrected chi connectivity index (χ0v) is 11.8. The van der Waals surface area contributed by atoms with Crippen LogP contribution < -0.4 is 5.73 Å². The van der Waals surface area contributed by atoms with Gasteiger partial charge in [-0.2, -0.15) is 0 Å². The molecule has 0 aromatic carbocycles. The zero-order chi connectivity index (χ0) is 14.3. The second kappa shape index (κ2) is 5.35. The second-order valence-electron chi connectivity index (χ2n) is 6.80. The summed E-state index contributed by atoms with van der Waals surface area (Å²) >= 11 is 0. The maximum Gasteiger partial charge on any atom is 0.303 e. The van der Waals surface area contributed by atoms with Crippen LogP contribution in [0.25, 0.3) is 0 Å². The smallest absolute Gasteiger partial charge is 0.303 e. The maximum absolute atomic E-state index is 12.7. The van der Waals surface area contributed by atoms with Gasteiger partial charge in [-0.25, -0.2) is 0 Å². The van der Waals surface area contributed by atoms with E-state index in [-0.39, 0.29) is 30.2 Å². The van der Waals surface area contributed by atoms with E-state index < -0.39 is 5.97 Å². The van der Waals surface area contributed by atoms with Gasteiger partial charge in [-0.3, -0.25) is 9.59 Å². The van der Waals surface area contributed by atoms with E-state index in [1.54, 1.807) is 0 Å². The number of nitrogens with two attached hydrogens (primary N) is 1. The predicted molar refractivity (Wildman–Crippen MR) is 73.9 cm³/mol. The number of hydrogen-bond donors (Lipinski definition) is 2. The largest absolute Gasteiger partial charge is 0.481 e. The Morgan fingerprint density at radius 2 is 1.75 bits per heavy atom. The van der Waals surface area contributed by atoms with Gasteiger partial charge >= 0.3 is 5.97 Å². The van der Waals surface area contributed by atoms with E-state index in [0.29, 0.717) is 24.9 Å². The molecule has 3 rings (SSSR count). The first-order chi connectivity index (χ1) is 9.56. The van der Waals surface area contributed by atoms with Crippen LogP contribution in [0.2, 0.25) is 0 Å². The quantitative estimate of drug-likeness (QED) is 0.810. The third kappa shape index (κ3) is 2.43. The van der Waals surface area contributed by atoms with Crippen LogP contribution in [-0.4, -0.2) is 41.0 Å². The van der Waals surface area contributed by atoms with Crippen LogP contribution >= 0.6 is 0 Å². The number of rotatable bonds is 3. The molecule has 3 fully saturated rings. The number of fused-ring (bicyclic) bond motifs is 2. The highest BCUT2D eigenvalue weighted by atomic mass is 16.4. The first-order valence-electron chi connectivity index (χ1n) is 7.82. The lowest BCUT2D eigenvalue weighted by molar-refractivity contribution is -0.140. The minimum absolute atomic E-state index is 0.0322. The molecule has 4 atom stereocenters. The van der Waals surface area contributed by atoms with Crippen LogP contribution in [0, 0.1) is 23.7 Å². The van der Waals surface area contributed by atoms with E-state index in [4.69, 9.17) is 10.8 Å². The van der Waals surface area contributed by atoms with Crippen molar-refractivity contribution in [1.82, 2.24) is 4.90 Å². The number of carboxylic acid groups (broad SMARTS) is 1. The van der Waals surface area contributed by atoms with Gasteiger partial charge < -0.3 is 15.7 Å². The van der Waals surface area contributed by atoms with E-state index in [9.17, 15) is 9.59 Å². The fourth-order valence-electron chi connectivity index (χ4n) is 4.52. The third-order valence-corrected chi connectivity index (χ3v) is 5.66. The van der Waals surface area contributed by atoms with Crippen molar-refractivity contribution in [2.75, 3.05) is 13.1 Å². The van der Waals surface area contributed by atoms with Gasteiger partial charge in [0.25, 0.3) is 0 Å². The molecule has 2 saturated carbocycles. The van der Waals surface area contributed by atoms with Crippen LogP contribution in [0.5, 0.6) is 0 Å². The van der Waals surface area contributed by atoms with Crippen molar-refractivity contribution in [3.63, 3.8) is 0 Å². The Labute approximate surface area is 119 Å². The van der Waals surface area contributed by atoms with Crippen LogP contribution in [0.1, 0.15) is 38.5 Å². The molecule has 5 heteroatoms. The minimum Gasteiger partial charge on any atom is -0.481 e. The Kier molecular flexibility index (Phi) is 3.71. The average molecular weight is 280 g/mol. The van der Waals surface area contributed by atoms with E-state index in [2.05, 4.69) is 0 Å². The number of carboxylic acids is 1. The molecule has 0 spiro atoms. The van der Waals surface area contributed by atoms with E-state index in [1.807, 2.05) is 4.90 Å². The van der Waals surface area contributed by atoms with Crippen LogP contribution in [0.15, 0.2) is 0 Å². The summed E-state index contributed by atoms with van der Waals surface area (Å²) in [6.07, 6.45) is 5.34. The first-order valence-corrected chi connectivity index (χ1v) is 7.82. The minimum atomic E-state index is -0.732. The van der Waals surface area contributed by atoms with Crippen molar-refractivity contribution >= 4 is 11.9 Å². The summed E-state index contributed by atoms with van der Waals surface area (Å²) < 4.78 is 0. The normalized spacial score (nSPS) is 37.4. The number of piperidine rings is 1. The summed E-state index contributed by atoms with van der Waals surface area (Å²) in [5.41, 5.74) is 6.24. The summed E-state index contributed by atoms with van der Waals surface area (Å²) in [6.45, 7) is 1.41. The topological polar surface area (TPSA) is 83.6 Å². The summed E-state index contributed by atoms with van der Waals surface area (Å²) in [6, 6.07) is 0.0537. The summed E-state index contributed by atoms with van der Waals surface area (Å²) in [5.74, 6) is 0.816. The summed E-state index contributed by atoms with van der Waals surface area (Å²) in [5, 5.41) is 8.82. The molecule has 0 aromatic rings. The van der Waals surface area contributed by atoms with Gasteiger partial charge in [-0.15, -0.1) is 0 Å². The molecule has 3 N–H and O–H groups in total. The van der Waals surface area contributed by atoms with E-state index >= 15 is 0 Å². The van der Waals surface area contributed by atoms with Crippen molar-refractivity contribution in [3.05, 3.63) is 0 Å². The number of aliphatic carboxylic acids is 1. The standard InChI is InChI=1S/C15H24N2O3/c16-14-11-2-1-10(8-11)13(14)15(20)17-5-3-9(4-6-17)7-12(18)19/h9-11,13-14H,1-8,16H2,(H,18,19). The zero-order valence-electron chi connectivity index (χ0n) is 11.8. The molecule has 0 aromatic heterocycles. The van der Waals surface area contributed by atoms with E-state index in [1.165, 1.54) is 6.42 Å². The number of amides is 1. The highest BCUT2D eigenvalue weighted by molar-refractivity contribution is 5.80. The molecule has 3 aliphatic rings. The molecule has 2 aliphatic carbocycles. The number of hydrogen-bond acceptors (Lipinski definition) is 3. The summed E-state index contributed by atoms with van der Waals surface area (Å²) in [7, 11) is 0. The average Bonchev–Trinajstić information content (AvgIpc) is 2.99. The van der Waals surface area contributed by atoms with Crippen molar-refractivity contribution in [2.45, 2.75) is 44.6 Å². The lowest BCUT2D eigenvalue weighted by Gasteiger charge is -2.36. The fraction of sp³-hybridized carbons (Fsp3) is 0.867. The molecule has 20 heavy (non-hydrogen) atoms. The van der Waals surface area contributed by atoms with E-state index in [0.717, 1.165) is 25.7 Å². The van der Waals surface area contributed by atoms with Crippen molar-refractivity contribution in [3.8, 4) is 0 Å². The SMILES string of the molecule is NC1C2CCC(C2)C1C(=O)N1CCC(CC(=O)O)CC1. The van der Waals surface area contributed by atoms with Gasteiger partial charge in [-0.1, -0.05) is 0 Å². The van der Waals surface area contributed by atoms with Crippen LogP contribution in [0.3, 0.4) is 0 Å². The van der Waals surface area contributed by atoms with Crippen molar-refractivity contribution < 1.29 is 14.7 Å². The number of nitrogens with zero attached hydrogens (tertiary/aromatic N) is 1. The van der Waals surface area contributed by atoms with Gasteiger partial charge in [0.05, 0.1) is 5.92 Å². The van der Waals surface area contributed by atoms with Gasteiger partial charge in [0, 0.05) is 25.6 Å². The Bertz CT molecular complexity index is 402. The monoisotopic (exact) mass is 280 g/mol.